The first-order chi connectivity index (χ1) is 19.1. The number of aromatic nitrogens is 4. The number of rotatable bonds is 9. The van der Waals surface area contributed by atoms with E-state index < -0.39 is 5.54 Å². The lowest BCUT2D eigenvalue weighted by Crippen LogP contribution is -2.40. The van der Waals surface area contributed by atoms with Crippen LogP contribution in [0.2, 0.25) is 0 Å². The molecule has 198 valence electrons. The molecule has 0 radical (unpaired) electrons. The Labute approximate surface area is 228 Å². The van der Waals surface area contributed by atoms with Gasteiger partial charge in [0.15, 0.2) is 0 Å². The normalized spacial score (nSPS) is 16.2. The average molecular weight is 521 g/mol. The minimum atomic E-state index is -0.512. The molecule has 1 amide bonds. The molecule has 8 heteroatoms. The smallest absolute Gasteiger partial charge is 0.256 e. The van der Waals surface area contributed by atoms with Gasteiger partial charge in [-0.25, -0.2) is 0 Å². The summed E-state index contributed by atoms with van der Waals surface area (Å²) in [5.74, 6) is 3.13. The Kier molecular flexibility index (Phi) is 6.92. The maximum atomic E-state index is 13.5. The molecule has 4 aromatic rings. The lowest BCUT2D eigenvalue weighted by molar-refractivity contribution is -0.131. The number of nitrogens with one attached hydrogen (secondary N) is 1. The van der Waals surface area contributed by atoms with Crippen LogP contribution < -0.4 is 4.74 Å². The Morgan fingerprint density at radius 2 is 1.74 bits per heavy atom. The highest BCUT2D eigenvalue weighted by atomic mass is 16.5. The minimum Gasteiger partial charge on any atom is -0.457 e. The largest absolute Gasteiger partial charge is 0.457 e. The number of H-pyrrole nitrogens is 1. The van der Waals surface area contributed by atoms with Gasteiger partial charge in [0.05, 0.1) is 6.54 Å². The van der Waals surface area contributed by atoms with Gasteiger partial charge in [0.1, 0.15) is 22.9 Å². The maximum absolute atomic E-state index is 13.5. The number of carbonyl (C=O) groups excluding carboxylic acids is 1. The molecule has 1 spiro atoms. The molecule has 0 saturated heterocycles. The summed E-state index contributed by atoms with van der Waals surface area (Å²) in [6.07, 6.45) is 6.87. The van der Waals surface area contributed by atoms with E-state index in [1.54, 1.807) is 0 Å². The van der Waals surface area contributed by atoms with Gasteiger partial charge in [-0.2, -0.15) is 5.21 Å². The van der Waals surface area contributed by atoms with E-state index in [-0.39, 0.29) is 5.91 Å². The number of aromatic amines is 1. The van der Waals surface area contributed by atoms with Gasteiger partial charge in [-0.3, -0.25) is 14.7 Å². The second kappa shape index (κ2) is 10.8. The lowest BCUT2D eigenvalue weighted by Gasteiger charge is -2.23. The van der Waals surface area contributed by atoms with Gasteiger partial charge in [-0.15, -0.1) is 10.2 Å². The summed E-state index contributed by atoms with van der Waals surface area (Å²) in [6.45, 7) is 2.72. The van der Waals surface area contributed by atoms with Crippen LogP contribution in [0.3, 0.4) is 0 Å². The number of unbranched alkanes of at least 4 members (excludes halogenated alkanes) is 1. The maximum Gasteiger partial charge on any atom is 0.256 e. The van der Waals surface area contributed by atoms with Gasteiger partial charge in [-0.1, -0.05) is 68.7 Å². The predicted octanol–water partition coefficient (Wildman–Crippen LogP) is 6.57. The van der Waals surface area contributed by atoms with E-state index in [0.29, 0.717) is 18.1 Å². The zero-order valence-electron chi connectivity index (χ0n) is 22.1. The monoisotopic (exact) mass is 520 g/mol. The van der Waals surface area contributed by atoms with Crippen LogP contribution in [0.25, 0.3) is 22.5 Å². The molecule has 1 aromatic heterocycles. The van der Waals surface area contributed by atoms with Crippen LogP contribution in [0.15, 0.2) is 77.8 Å². The number of hydrogen-bond acceptors (Lipinski definition) is 6. The topological polar surface area (TPSA) is 96.4 Å². The lowest BCUT2D eigenvalue weighted by atomic mass is 9.97. The third-order valence-corrected chi connectivity index (χ3v) is 7.64. The van der Waals surface area contributed by atoms with Gasteiger partial charge >= 0.3 is 0 Å². The quantitative estimate of drug-likeness (QED) is 0.269. The van der Waals surface area contributed by atoms with Crippen molar-refractivity contribution in [2.75, 3.05) is 0 Å². The third-order valence-electron chi connectivity index (χ3n) is 7.64. The number of hydrogen-bond donors (Lipinski definition) is 1. The molecule has 3 aromatic carbocycles. The van der Waals surface area contributed by atoms with Gasteiger partial charge in [-0.05, 0) is 71.5 Å². The zero-order chi connectivity index (χ0) is 26.7. The molecular weight excluding hydrogens is 488 g/mol. The molecule has 2 aliphatic rings. The average Bonchev–Trinajstić information content (AvgIpc) is 3.72. The Bertz CT molecular complexity index is 1460. The van der Waals surface area contributed by atoms with Gasteiger partial charge in [0, 0.05) is 12.0 Å². The fraction of sp³-hybridized carbons (Fsp3) is 0.323. The summed E-state index contributed by atoms with van der Waals surface area (Å²) < 4.78 is 6.11. The van der Waals surface area contributed by atoms with Gasteiger partial charge in [0.25, 0.3) is 5.91 Å². The molecule has 1 fully saturated rings. The number of tetrazole rings is 1. The van der Waals surface area contributed by atoms with Crippen LogP contribution >= 0.6 is 0 Å². The fourth-order valence-electron chi connectivity index (χ4n) is 5.59. The van der Waals surface area contributed by atoms with Crippen molar-refractivity contribution in [3.63, 3.8) is 0 Å². The number of nitrogens with zero attached hydrogens (tertiary/aromatic N) is 5. The Morgan fingerprint density at radius 3 is 2.46 bits per heavy atom. The van der Waals surface area contributed by atoms with Crippen LogP contribution in [0.4, 0.5) is 0 Å². The Balaban J connectivity index is 1.28. The van der Waals surface area contributed by atoms with Crippen LogP contribution in [-0.4, -0.2) is 42.8 Å². The highest BCUT2D eigenvalue weighted by Gasteiger charge is 2.49. The van der Waals surface area contributed by atoms with Crippen LogP contribution in [-0.2, 0) is 11.3 Å². The van der Waals surface area contributed by atoms with Gasteiger partial charge < -0.3 is 4.74 Å². The van der Waals surface area contributed by atoms with Crippen molar-refractivity contribution in [3.05, 3.63) is 78.4 Å². The first kappa shape index (κ1) is 25.0. The highest BCUT2D eigenvalue weighted by Crippen LogP contribution is 2.40. The molecular formula is C31H32N6O2. The van der Waals surface area contributed by atoms with Crippen molar-refractivity contribution in [2.24, 2.45) is 4.99 Å². The van der Waals surface area contributed by atoms with Crippen molar-refractivity contribution < 1.29 is 9.53 Å². The summed E-state index contributed by atoms with van der Waals surface area (Å²) in [4.78, 5) is 20.5. The number of amidine groups is 1. The fourth-order valence-corrected chi connectivity index (χ4v) is 5.59. The van der Waals surface area contributed by atoms with Crippen molar-refractivity contribution in [2.45, 2.75) is 64.0 Å². The summed E-state index contributed by atoms with van der Waals surface area (Å²) in [6, 6.07) is 23.9. The molecule has 39 heavy (non-hydrogen) atoms. The molecule has 0 bridgehead atoms. The zero-order valence-corrected chi connectivity index (χ0v) is 22.1. The Morgan fingerprint density at radius 1 is 0.949 bits per heavy atom. The van der Waals surface area contributed by atoms with E-state index in [4.69, 9.17) is 9.73 Å². The second-order valence-electron chi connectivity index (χ2n) is 10.3. The number of ether oxygens (including phenoxy) is 1. The predicted molar refractivity (Wildman–Crippen MR) is 150 cm³/mol. The summed E-state index contributed by atoms with van der Waals surface area (Å²) in [7, 11) is 0. The summed E-state index contributed by atoms with van der Waals surface area (Å²) in [5.41, 5.74) is 3.34. The highest BCUT2D eigenvalue weighted by molar-refractivity contribution is 6.08. The third kappa shape index (κ3) is 5.06. The van der Waals surface area contributed by atoms with E-state index in [1.807, 2.05) is 53.4 Å². The first-order valence-corrected chi connectivity index (χ1v) is 13.8. The SMILES string of the molecule is CCCCC1=NC2(CCCC2)C(=O)N1Cc1ccc(-c2cc(Oc3ccccc3)ccc2-c2nn[nH]n2)cc1. The first-order valence-electron chi connectivity index (χ1n) is 13.8. The molecule has 2 heterocycles. The minimum absolute atomic E-state index is 0.181. The molecule has 1 N–H and O–H groups in total. The van der Waals surface area contributed by atoms with Crippen molar-refractivity contribution >= 4 is 11.7 Å². The number of para-hydroxylation sites is 1. The number of amides is 1. The molecule has 8 nitrogen and oxygen atoms in total. The number of carbonyl (C=O) groups is 1. The van der Waals surface area contributed by atoms with Crippen molar-refractivity contribution in [3.8, 4) is 34.0 Å². The van der Waals surface area contributed by atoms with Gasteiger partial charge in [0.2, 0.25) is 5.82 Å². The summed E-state index contributed by atoms with van der Waals surface area (Å²) >= 11 is 0. The van der Waals surface area contributed by atoms with E-state index in [0.717, 1.165) is 78.8 Å². The molecule has 0 atom stereocenters. The van der Waals surface area contributed by atoms with E-state index in [2.05, 4.69) is 51.8 Å². The second-order valence-corrected chi connectivity index (χ2v) is 10.3. The summed E-state index contributed by atoms with van der Waals surface area (Å²) in [5, 5.41) is 14.7. The Hall–Kier alpha value is -4.33. The van der Waals surface area contributed by atoms with Crippen molar-refractivity contribution in [1.82, 2.24) is 25.5 Å². The standard InChI is InChI=1S/C31H32N6O2/c1-2-3-11-28-32-31(18-7-8-19-31)30(38)37(28)21-22-12-14-23(15-13-22)27-20-25(39-24-9-5-4-6-10-24)16-17-26(27)29-33-35-36-34-29/h4-6,9-10,12-17,20H,2-3,7-8,11,18-19,21H2,1H3,(H,33,34,35,36). The molecule has 6 rings (SSSR count). The molecule has 1 aliphatic heterocycles. The molecule has 1 aliphatic carbocycles. The van der Waals surface area contributed by atoms with Crippen LogP contribution in [0.5, 0.6) is 11.5 Å². The van der Waals surface area contributed by atoms with Crippen LogP contribution in [0, 0.1) is 0 Å². The van der Waals surface area contributed by atoms with E-state index in [1.165, 1.54) is 0 Å². The number of benzene rings is 3. The number of aliphatic imine (C=N–C) groups is 1. The molecule has 0 unspecified atom stereocenters. The molecule has 1 saturated carbocycles. The van der Waals surface area contributed by atoms with Crippen LogP contribution in [0.1, 0.15) is 57.4 Å². The van der Waals surface area contributed by atoms with E-state index >= 15 is 0 Å². The van der Waals surface area contributed by atoms with E-state index in [9.17, 15) is 4.79 Å². The van der Waals surface area contributed by atoms with Crippen molar-refractivity contribution in [1.29, 1.82) is 0 Å².